The molecule has 2 heteroatoms. The third-order valence-corrected chi connectivity index (χ3v) is 3.54. The van der Waals surface area contributed by atoms with Gasteiger partial charge in [0.25, 0.3) is 0 Å². The summed E-state index contributed by atoms with van der Waals surface area (Å²) >= 11 is 0. The zero-order valence-corrected chi connectivity index (χ0v) is 12.8. The van der Waals surface area contributed by atoms with Crippen LogP contribution in [0.4, 0.5) is 0 Å². The van der Waals surface area contributed by atoms with Gasteiger partial charge >= 0.3 is 0 Å². The number of benzene rings is 2. The molecule has 0 saturated heterocycles. The maximum atomic E-state index is 5.77. The number of rotatable bonds is 5. The monoisotopic (exact) mass is 292 g/mol. The Morgan fingerprint density at radius 2 is 1.73 bits per heavy atom. The smallest absolute Gasteiger partial charge is 0.122 e. The van der Waals surface area contributed by atoms with Gasteiger partial charge in [0, 0.05) is 0 Å². The fourth-order valence-electron chi connectivity index (χ4n) is 2.41. The topological polar surface area (TPSA) is 18.5 Å². The van der Waals surface area contributed by atoms with Gasteiger partial charge in [-0.3, -0.25) is 0 Å². The Labute approximate surface area is 131 Å². The van der Waals surface area contributed by atoms with Gasteiger partial charge in [-0.1, -0.05) is 48.1 Å². The average Bonchev–Trinajstić information content (AvgIpc) is 2.80. The molecule has 22 heavy (non-hydrogen) atoms. The zero-order chi connectivity index (χ0) is 15.2. The molecule has 0 fully saturated rings. The van der Waals surface area contributed by atoms with Crippen molar-refractivity contribution in [1.82, 2.24) is 0 Å². The van der Waals surface area contributed by atoms with E-state index < -0.39 is 0 Å². The summed E-state index contributed by atoms with van der Waals surface area (Å²) in [5.41, 5.74) is 1.27. The van der Waals surface area contributed by atoms with E-state index in [1.54, 1.807) is 0 Å². The molecule has 3 rings (SSSR count). The highest BCUT2D eigenvalue weighted by Gasteiger charge is 1.99. The quantitative estimate of drug-likeness (QED) is 0.726. The molecule has 1 aliphatic rings. The van der Waals surface area contributed by atoms with Gasteiger partial charge in [-0.2, -0.15) is 0 Å². The van der Waals surface area contributed by atoms with Crippen LogP contribution in [0.25, 0.3) is 10.8 Å². The summed E-state index contributed by atoms with van der Waals surface area (Å²) in [7, 11) is 0. The predicted octanol–water partition coefficient (Wildman–Crippen LogP) is 4.94. The number of fused-ring (bicyclic) bond motifs is 1. The molecule has 0 atom stereocenters. The van der Waals surface area contributed by atoms with Crippen LogP contribution in [-0.4, -0.2) is 13.2 Å². The van der Waals surface area contributed by atoms with E-state index in [2.05, 4.69) is 49.4 Å². The molecular weight excluding hydrogens is 272 g/mol. The second-order valence-corrected chi connectivity index (χ2v) is 5.34. The second-order valence-electron chi connectivity index (χ2n) is 5.34. The van der Waals surface area contributed by atoms with Gasteiger partial charge in [-0.15, -0.1) is 0 Å². The summed E-state index contributed by atoms with van der Waals surface area (Å²) in [5.74, 6) is 1.76. The van der Waals surface area contributed by atoms with Crippen molar-refractivity contribution in [2.75, 3.05) is 13.2 Å². The van der Waals surface area contributed by atoms with Gasteiger partial charge in [0.05, 0.1) is 0 Å². The molecule has 0 aromatic heterocycles. The van der Waals surface area contributed by atoms with Gasteiger partial charge in [0.1, 0.15) is 24.7 Å². The molecule has 0 radical (unpaired) electrons. The molecule has 2 aromatic carbocycles. The van der Waals surface area contributed by atoms with Crippen LogP contribution in [0, 0.1) is 6.92 Å². The summed E-state index contributed by atoms with van der Waals surface area (Å²) in [6, 6.07) is 12.6. The first-order chi connectivity index (χ1) is 10.8. The molecule has 112 valence electrons. The molecule has 0 unspecified atom stereocenters. The first-order valence-corrected chi connectivity index (χ1v) is 7.61. The highest BCUT2D eigenvalue weighted by molar-refractivity contribution is 5.84. The molecule has 0 aliphatic heterocycles. The van der Waals surface area contributed by atoms with E-state index in [-0.39, 0.29) is 0 Å². The average molecular weight is 292 g/mol. The second kappa shape index (κ2) is 6.99. The lowest BCUT2D eigenvalue weighted by Gasteiger charge is -2.09. The Kier molecular flexibility index (Phi) is 4.59. The van der Waals surface area contributed by atoms with Crippen LogP contribution >= 0.6 is 0 Å². The summed E-state index contributed by atoms with van der Waals surface area (Å²) in [6.45, 7) is 3.18. The minimum atomic E-state index is 0.534. The number of hydrogen-bond acceptors (Lipinski definition) is 2. The Balaban J connectivity index is 1.54. The molecule has 0 spiro atoms. The van der Waals surface area contributed by atoms with Crippen LogP contribution in [0.1, 0.15) is 12.0 Å². The van der Waals surface area contributed by atoms with Crippen LogP contribution in [0.5, 0.6) is 5.75 Å². The minimum absolute atomic E-state index is 0.534. The summed E-state index contributed by atoms with van der Waals surface area (Å²) in [5, 5.41) is 2.44. The van der Waals surface area contributed by atoms with Crippen molar-refractivity contribution in [2.45, 2.75) is 13.3 Å². The molecule has 0 amide bonds. The lowest BCUT2D eigenvalue weighted by Crippen LogP contribution is -2.06. The SMILES string of the molecule is Cc1ccc2cc(OCCOC3=CC=CCC=C3)ccc2c1. The van der Waals surface area contributed by atoms with Gasteiger partial charge < -0.3 is 9.47 Å². The number of aryl methyl sites for hydroxylation is 1. The molecule has 2 nitrogen and oxygen atoms in total. The van der Waals surface area contributed by atoms with Crippen molar-refractivity contribution >= 4 is 10.8 Å². The van der Waals surface area contributed by atoms with Crippen molar-refractivity contribution in [2.24, 2.45) is 0 Å². The normalized spacial score (nSPS) is 13.8. The molecular formula is C20H20O2. The van der Waals surface area contributed by atoms with Crippen molar-refractivity contribution in [3.63, 3.8) is 0 Å². The fraction of sp³-hybridized carbons (Fsp3) is 0.200. The Bertz CT molecular complexity index is 738. The van der Waals surface area contributed by atoms with E-state index in [1.165, 1.54) is 16.3 Å². The van der Waals surface area contributed by atoms with Gasteiger partial charge in [0.2, 0.25) is 0 Å². The molecule has 2 aromatic rings. The van der Waals surface area contributed by atoms with Crippen molar-refractivity contribution in [1.29, 1.82) is 0 Å². The Morgan fingerprint density at radius 1 is 0.909 bits per heavy atom. The van der Waals surface area contributed by atoms with E-state index in [9.17, 15) is 0 Å². The van der Waals surface area contributed by atoms with E-state index in [4.69, 9.17) is 9.47 Å². The van der Waals surface area contributed by atoms with Crippen molar-refractivity contribution in [3.05, 3.63) is 78.1 Å². The standard InChI is InChI=1S/C20H20O2/c1-16-8-9-18-15-20(11-10-17(18)14-16)22-13-12-21-19-6-4-2-3-5-7-19/h2,4-11,14-15H,3,12-13H2,1H3. The summed E-state index contributed by atoms with van der Waals surface area (Å²) in [4.78, 5) is 0. The molecule has 0 N–H and O–H groups in total. The molecule has 1 aliphatic carbocycles. The van der Waals surface area contributed by atoms with Crippen LogP contribution in [0.2, 0.25) is 0 Å². The maximum Gasteiger partial charge on any atom is 0.122 e. The van der Waals surface area contributed by atoms with E-state index in [1.807, 2.05) is 24.3 Å². The van der Waals surface area contributed by atoms with Gasteiger partial charge in [0.15, 0.2) is 0 Å². The van der Waals surface area contributed by atoms with Crippen LogP contribution in [-0.2, 0) is 4.74 Å². The maximum absolute atomic E-state index is 5.77. The van der Waals surface area contributed by atoms with Gasteiger partial charge in [-0.25, -0.2) is 0 Å². The van der Waals surface area contributed by atoms with Crippen LogP contribution in [0.3, 0.4) is 0 Å². The fourth-order valence-corrected chi connectivity index (χ4v) is 2.41. The molecule has 0 bridgehead atoms. The van der Waals surface area contributed by atoms with Gasteiger partial charge in [-0.05, 0) is 48.4 Å². The van der Waals surface area contributed by atoms with Crippen LogP contribution in [0.15, 0.2) is 72.5 Å². The lowest BCUT2D eigenvalue weighted by atomic mass is 10.1. The highest BCUT2D eigenvalue weighted by Crippen LogP contribution is 2.21. The summed E-state index contributed by atoms with van der Waals surface area (Å²) < 4.78 is 11.5. The first-order valence-electron chi connectivity index (χ1n) is 7.61. The van der Waals surface area contributed by atoms with Crippen LogP contribution < -0.4 is 4.74 Å². The number of ether oxygens (including phenoxy) is 2. The van der Waals surface area contributed by atoms with E-state index in [0.29, 0.717) is 13.2 Å². The van der Waals surface area contributed by atoms with E-state index >= 15 is 0 Å². The third kappa shape index (κ3) is 3.79. The molecule has 0 heterocycles. The number of hydrogen-bond donors (Lipinski definition) is 0. The Hall–Kier alpha value is -2.48. The van der Waals surface area contributed by atoms with E-state index in [0.717, 1.165) is 17.9 Å². The third-order valence-electron chi connectivity index (χ3n) is 3.54. The van der Waals surface area contributed by atoms with Crippen molar-refractivity contribution in [3.8, 4) is 5.75 Å². The minimum Gasteiger partial charge on any atom is -0.490 e. The summed E-state index contributed by atoms with van der Waals surface area (Å²) in [6.07, 6.45) is 11.1. The molecule has 0 saturated carbocycles. The number of allylic oxidation sites excluding steroid dienone is 5. The van der Waals surface area contributed by atoms with Crippen molar-refractivity contribution < 1.29 is 9.47 Å². The first kappa shape index (κ1) is 14.5. The lowest BCUT2D eigenvalue weighted by molar-refractivity contribution is 0.164. The predicted molar refractivity (Wildman–Crippen MR) is 91.1 cm³/mol. The largest absolute Gasteiger partial charge is 0.490 e. The highest BCUT2D eigenvalue weighted by atomic mass is 16.5. The Morgan fingerprint density at radius 3 is 2.68 bits per heavy atom. The zero-order valence-electron chi connectivity index (χ0n) is 12.8.